The minimum absolute atomic E-state index is 0.0163. The minimum Gasteiger partial charge on any atom is -0.468 e. The molecule has 3 nitrogen and oxygen atoms in total. The molecule has 0 fully saturated rings. The van der Waals surface area contributed by atoms with Crippen molar-refractivity contribution in [1.82, 2.24) is 5.32 Å². The third-order valence-corrected chi connectivity index (χ3v) is 3.48. The highest BCUT2D eigenvalue weighted by atomic mass is 35.5. The van der Waals surface area contributed by atoms with Crippen molar-refractivity contribution in [2.45, 2.75) is 19.1 Å². The minimum atomic E-state index is -0.719. The van der Waals surface area contributed by atoms with Crippen LogP contribution in [0, 0.1) is 0 Å². The normalized spacial score (nSPS) is 14.3. The van der Waals surface area contributed by atoms with Crippen molar-refractivity contribution in [1.29, 1.82) is 0 Å². The molecule has 1 aromatic carbocycles. The highest BCUT2D eigenvalue weighted by molar-refractivity contribution is 6.33. The largest absolute Gasteiger partial charge is 0.468 e. The van der Waals surface area contributed by atoms with Crippen molar-refractivity contribution >= 4 is 23.2 Å². The van der Waals surface area contributed by atoms with E-state index >= 15 is 0 Å². The molecule has 0 saturated heterocycles. The fourth-order valence-corrected chi connectivity index (χ4v) is 2.23. The third-order valence-electron chi connectivity index (χ3n) is 2.90. The first-order valence-electron chi connectivity index (χ1n) is 5.97. The smallest absolute Gasteiger partial charge is 0.120 e. The van der Waals surface area contributed by atoms with E-state index in [0.717, 1.165) is 5.76 Å². The Labute approximate surface area is 122 Å². The van der Waals surface area contributed by atoms with Crippen LogP contribution in [0.1, 0.15) is 30.4 Å². The molecule has 0 saturated carbocycles. The number of rotatable bonds is 5. The van der Waals surface area contributed by atoms with Crippen LogP contribution in [0.25, 0.3) is 0 Å². The van der Waals surface area contributed by atoms with E-state index in [0.29, 0.717) is 22.2 Å². The molecule has 0 bridgehead atoms. The Kier molecular flexibility index (Phi) is 4.88. The van der Waals surface area contributed by atoms with Crippen LogP contribution in [0.2, 0.25) is 10.0 Å². The summed E-state index contributed by atoms with van der Waals surface area (Å²) in [5.41, 5.74) is 0.619. The van der Waals surface area contributed by atoms with E-state index in [1.165, 1.54) is 0 Å². The Balaban J connectivity index is 1.97. The second-order valence-electron chi connectivity index (χ2n) is 4.33. The summed E-state index contributed by atoms with van der Waals surface area (Å²) >= 11 is 11.9. The molecule has 2 unspecified atom stereocenters. The lowest BCUT2D eigenvalue weighted by Crippen LogP contribution is -2.24. The molecule has 2 atom stereocenters. The van der Waals surface area contributed by atoms with E-state index in [9.17, 15) is 5.11 Å². The van der Waals surface area contributed by atoms with Crippen LogP contribution in [0.15, 0.2) is 41.0 Å². The predicted molar refractivity (Wildman–Crippen MR) is 76.5 cm³/mol. The van der Waals surface area contributed by atoms with Gasteiger partial charge in [-0.1, -0.05) is 23.2 Å². The zero-order valence-corrected chi connectivity index (χ0v) is 11.9. The third kappa shape index (κ3) is 3.74. The molecule has 2 N–H and O–H groups in total. The van der Waals surface area contributed by atoms with Crippen molar-refractivity contribution in [2.75, 3.05) is 6.54 Å². The van der Waals surface area contributed by atoms with Gasteiger partial charge in [-0.3, -0.25) is 0 Å². The molecular weight excluding hydrogens is 285 g/mol. The molecule has 0 aliphatic heterocycles. The maximum absolute atomic E-state index is 10.1. The van der Waals surface area contributed by atoms with E-state index in [-0.39, 0.29) is 6.04 Å². The van der Waals surface area contributed by atoms with Crippen LogP contribution in [0.4, 0.5) is 0 Å². The highest BCUT2D eigenvalue weighted by Crippen LogP contribution is 2.26. The lowest BCUT2D eigenvalue weighted by Gasteiger charge is -2.17. The molecule has 2 aromatic rings. The lowest BCUT2D eigenvalue weighted by atomic mass is 10.1. The van der Waals surface area contributed by atoms with Gasteiger partial charge in [-0.2, -0.15) is 0 Å². The van der Waals surface area contributed by atoms with Crippen molar-refractivity contribution in [3.63, 3.8) is 0 Å². The number of furan rings is 1. The summed E-state index contributed by atoms with van der Waals surface area (Å²) < 4.78 is 5.28. The fraction of sp³-hybridized carbons (Fsp3) is 0.286. The second kappa shape index (κ2) is 6.44. The molecule has 5 heteroatoms. The number of nitrogens with one attached hydrogen (secondary N) is 1. The van der Waals surface area contributed by atoms with Gasteiger partial charge in [0.2, 0.25) is 0 Å². The van der Waals surface area contributed by atoms with Crippen molar-refractivity contribution in [2.24, 2.45) is 0 Å². The van der Waals surface area contributed by atoms with E-state index < -0.39 is 6.10 Å². The summed E-state index contributed by atoms with van der Waals surface area (Å²) in [6.45, 7) is 2.33. The van der Waals surface area contributed by atoms with Crippen LogP contribution in [0.5, 0.6) is 0 Å². The number of halogens is 2. The van der Waals surface area contributed by atoms with Crippen LogP contribution in [0.3, 0.4) is 0 Å². The Morgan fingerprint density at radius 1 is 1.32 bits per heavy atom. The summed E-state index contributed by atoms with van der Waals surface area (Å²) in [5.74, 6) is 0.824. The zero-order chi connectivity index (χ0) is 13.8. The Hall–Kier alpha value is -1.00. The standard InChI is InChI=1S/C14H15Cl2NO2/c1-9(14-3-2-6-19-14)17-8-13(18)11-7-10(15)4-5-12(11)16/h2-7,9,13,17-18H,8H2,1H3. The topological polar surface area (TPSA) is 45.4 Å². The molecule has 0 aliphatic carbocycles. The molecule has 0 radical (unpaired) electrons. The van der Waals surface area contributed by atoms with Crippen molar-refractivity contribution in [3.8, 4) is 0 Å². The summed E-state index contributed by atoms with van der Waals surface area (Å²) in [6, 6.07) is 8.78. The molecular formula is C14H15Cl2NO2. The van der Waals surface area contributed by atoms with Gasteiger partial charge in [-0.15, -0.1) is 0 Å². The zero-order valence-electron chi connectivity index (χ0n) is 10.4. The highest BCUT2D eigenvalue weighted by Gasteiger charge is 2.14. The van der Waals surface area contributed by atoms with Gasteiger partial charge in [0.15, 0.2) is 0 Å². The lowest BCUT2D eigenvalue weighted by molar-refractivity contribution is 0.169. The van der Waals surface area contributed by atoms with Gasteiger partial charge in [0.1, 0.15) is 5.76 Å². The summed E-state index contributed by atoms with van der Waals surface area (Å²) in [6.07, 6.45) is 0.904. The first-order valence-corrected chi connectivity index (χ1v) is 6.73. The Morgan fingerprint density at radius 3 is 2.79 bits per heavy atom. The maximum atomic E-state index is 10.1. The number of benzene rings is 1. The SMILES string of the molecule is CC(NCC(O)c1cc(Cl)ccc1Cl)c1ccco1. The molecule has 0 aliphatic rings. The number of hydrogen-bond acceptors (Lipinski definition) is 3. The van der Waals surface area contributed by atoms with Crippen LogP contribution in [-0.2, 0) is 0 Å². The van der Waals surface area contributed by atoms with Gasteiger partial charge < -0.3 is 14.8 Å². The maximum Gasteiger partial charge on any atom is 0.120 e. The quantitative estimate of drug-likeness (QED) is 0.878. The van der Waals surface area contributed by atoms with Gasteiger partial charge >= 0.3 is 0 Å². The molecule has 19 heavy (non-hydrogen) atoms. The summed E-state index contributed by atoms with van der Waals surface area (Å²) in [7, 11) is 0. The van der Waals surface area contributed by atoms with Crippen LogP contribution < -0.4 is 5.32 Å². The van der Waals surface area contributed by atoms with E-state index in [2.05, 4.69) is 5.32 Å². The second-order valence-corrected chi connectivity index (χ2v) is 5.17. The fourth-order valence-electron chi connectivity index (χ4n) is 1.81. The molecule has 1 aromatic heterocycles. The van der Waals surface area contributed by atoms with Gasteiger partial charge in [0.25, 0.3) is 0 Å². The number of hydrogen-bond donors (Lipinski definition) is 2. The molecule has 0 spiro atoms. The average molecular weight is 300 g/mol. The first kappa shape index (κ1) is 14.4. The Bertz CT molecular complexity index is 528. The van der Waals surface area contributed by atoms with Gasteiger partial charge in [-0.25, -0.2) is 0 Å². The van der Waals surface area contributed by atoms with Crippen LogP contribution in [-0.4, -0.2) is 11.7 Å². The first-order chi connectivity index (χ1) is 9.08. The van der Waals surface area contributed by atoms with Gasteiger partial charge in [0.05, 0.1) is 18.4 Å². The van der Waals surface area contributed by atoms with Gasteiger partial charge in [0, 0.05) is 22.2 Å². The van der Waals surface area contributed by atoms with E-state index in [1.54, 1.807) is 24.5 Å². The number of aliphatic hydroxyl groups is 1. The molecule has 2 rings (SSSR count). The Morgan fingerprint density at radius 2 is 2.11 bits per heavy atom. The molecule has 0 amide bonds. The van der Waals surface area contributed by atoms with E-state index in [4.69, 9.17) is 27.6 Å². The molecule has 1 heterocycles. The van der Waals surface area contributed by atoms with Crippen molar-refractivity contribution in [3.05, 3.63) is 58.0 Å². The van der Waals surface area contributed by atoms with Gasteiger partial charge in [-0.05, 0) is 37.3 Å². The molecule has 102 valence electrons. The van der Waals surface area contributed by atoms with E-state index in [1.807, 2.05) is 19.1 Å². The monoisotopic (exact) mass is 299 g/mol. The summed E-state index contributed by atoms with van der Waals surface area (Å²) in [4.78, 5) is 0. The van der Waals surface area contributed by atoms with Crippen LogP contribution >= 0.6 is 23.2 Å². The average Bonchev–Trinajstić information content (AvgIpc) is 2.92. The summed E-state index contributed by atoms with van der Waals surface area (Å²) in [5, 5.41) is 14.4. The predicted octanol–water partition coefficient (Wildman–Crippen LogP) is 3.97. The van der Waals surface area contributed by atoms with Crippen molar-refractivity contribution < 1.29 is 9.52 Å². The number of aliphatic hydroxyl groups excluding tert-OH is 1.